The van der Waals surface area contributed by atoms with E-state index in [1.807, 2.05) is 6.07 Å². The zero-order valence-electron chi connectivity index (χ0n) is 18.9. The summed E-state index contributed by atoms with van der Waals surface area (Å²) in [7, 11) is 0. The third kappa shape index (κ3) is 5.28. The van der Waals surface area contributed by atoms with Gasteiger partial charge in [0, 0.05) is 25.3 Å². The number of likely N-dealkylation sites (tertiary alicyclic amines) is 1. The molecular weight excluding hydrogens is 394 g/mol. The quantitative estimate of drug-likeness (QED) is 0.506. The molecule has 1 saturated heterocycles. The molecule has 2 aromatic carbocycles. The highest BCUT2D eigenvalue weighted by atomic mass is 15.1. The van der Waals surface area contributed by atoms with E-state index in [4.69, 9.17) is 5.73 Å². The van der Waals surface area contributed by atoms with Crippen LogP contribution in [0.2, 0.25) is 0 Å². The number of nitrogens with two attached hydrogens (primary N) is 1. The smallest absolute Gasteiger partial charge is 0.139 e. The largest absolute Gasteiger partial charge is 0.383 e. The van der Waals surface area contributed by atoms with Crippen LogP contribution in [0, 0.1) is 5.92 Å². The van der Waals surface area contributed by atoms with Crippen molar-refractivity contribution in [2.45, 2.75) is 32.6 Å². The molecule has 4 rings (SSSR count). The maximum atomic E-state index is 6.28. The van der Waals surface area contributed by atoms with E-state index < -0.39 is 0 Å². The number of nitrogens with zero attached hydrogens (tertiary/aromatic N) is 3. The van der Waals surface area contributed by atoms with Gasteiger partial charge in [-0.05, 0) is 48.3 Å². The van der Waals surface area contributed by atoms with Crippen molar-refractivity contribution in [3.05, 3.63) is 84.3 Å². The Bertz CT molecular complexity index is 1020. The van der Waals surface area contributed by atoms with Crippen molar-refractivity contribution in [2.24, 2.45) is 5.92 Å². The molecule has 1 aliphatic heterocycles. The van der Waals surface area contributed by atoms with E-state index in [9.17, 15) is 0 Å². The van der Waals surface area contributed by atoms with Gasteiger partial charge in [-0.25, -0.2) is 9.97 Å². The van der Waals surface area contributed by atoms with Gasteiger partial charge >= 0.3 is 0 Å². The van der Waals surface area contributed by atoms with E-state index in [2.05, 4.69) is 82.2 Å². The fourth-order valence-electron chi connectivity index (χ4n) is 4.36. The Kier molecular flexibility index (Phi) is 7.05. The number of hydrogen-bond donors (Lipinski definition) is 2. The summed E-state index contributed by atoms with van der Waals surface area (Å²) in [5.74, 6) is 1.94. The highest BCUT2D eigenvalue weighted by Crippen LogP contribution is 2.31. The van der Waals surface area contributed by atoms with Gasteiger partial charge in [0.1, 0.15) is 18.0 Å². The van der Waals surface area contributed by atoms with E-state index in [0.29, 0.717) is 11.7 Å². The fraction of sp³-hybridized carbons (Fsp3) is 0.333. The van der Waals surface area contributed by atoms with Gasteiger partial charge < -0.3 is 16.0 Å². The third-order valence-corrected chi connectivity index (χ3v) is 6.40. The third-order valence-electron chi connectivity index (χ3n) is 6.40. The lowest BCUT2D eigenvalue weighted by atomic mass is 9.96. The van der Waals surface area contributed by atoms with Gasteiger partial charge in [0.2, 0.25) is 0 Å². The normalized spacial score (nSPS) is 14.3. The zero-order chi connectivity index (χ0) is 22.3. The standard InChI is InChI=1S/C27H33N5/c1-3-20(2)32-15-13-23(14-16-32)18-29-27-25(26(28)30-19-31-27)24-11-9-22(10-12-24)17-21-7-5-4-6-8-21/h4-12,19,23H,2-3,13-18H2,1H3,(H3,28,29,30,31). The maximum Gasteiger partial charge on any atom is 0.139 e. The molecular formula is C27H33N5. The lowest BCUT2D eigenvalue weighted by Crippen LogP contribution is -2.35. The minimum atomic E-state index is 0.507. The Labute approximate surface area is 191 Å². The van der Waals surface area contributed by atoms with Crippen molar-refractivity contribution in [1.82, 2.24) is 14.9 Å². The highest BCUT2D eigenvalue weighted by molar-refractivity contribution is 5.83. The van der Waals surface area contributed by atoms with Crippen LogP contribution in [0.3, 0.4) is 0 Å². The van der Waals surface area contributed by atoms with Crippen LogP contribution < -0.4 is 11.1 Å². The maximum absolute atomic E-state index is 6.28. The number of hydrogen-bond acceptors (Lipinski definition) is 5. The molecule has 1 aromatic heterocycles. The van der Waals surface area contributed by atoms with E-state index in [1.54, 1.807) is 6.33 Å². The summed E-state index contributed by atoms with van der Waals surface area (Å²) in [6.45, 7) is 9.41. The number of piperidine rings is 1. The van der Waals surface area contributed by atoms with Crippen molar-refractivity contribution < 1.29 is 0 Å². The summed E-state index contributed by atoms with van der Waals surface area (Å²) in [5, 5.41) is 3.56. The second-order valence-corrected chi connectivity index (χ2v) is 8.57. The molecule has 166 valence electrons. The first kappa shape index (κ1) is 21.9. The minimum absolute atomic E-state index is 0.507. The lowest BCUT2D eigenvalue weighted by molar-refractivity contribution is 0.229. The van der Waals surface area contributed by atoms with Gasteiger partial charge in [-0.1, -0.05) is 68.1 Å². The molecule has 0 aliphatic carbocycles. The number of anilines is 2. The molecule has 0 spiro atoms. The molecule has 32 heavy (non-hydrogen) atoms. The van der Waals surface area contributed by atoms with Gasteiger partial charge in [-0.3, -0.25) is 0 Å². The number of benzene rings is 2. The second-order valence-electron chi connectivity index (χ2n) is 8.57. The average Bonchev–Trinajstić information content (AvgIpc) is 2.84. The SMILES string of the molecule is C=C(CC)N1CCC(CNc2ncnc(N)c2-c2ccc(Cc3ccccc3)cc2)CC1. The molecule has 0 unspecified atom stereocenters. The molecule has 0 bridgehead atoms. The molecule has 0 amide bonds. The number of aromatic nitrogens is 2. The zero-order valence-corrected chi connectivity index (χ0v) is 18.9. The van der Waals surface area contributed by atoms with Gasteiger partial charge in [0.15, 0.2) is 0 Å². The molecule has 2 heterocycles. The lowest BCUT2D eigenvalue weighted by Gasteiger charge is -2.34. The first-order chi connectivity index (χ1) is 15.6. The average molecular weight is 428 g/mol. The monoisotopic (exact) mass is 427 g/mol. The number of nitrogen functional groups attached to an aromatic ring is 1. The van der Waals surface area contributed by atoms with Crippen LogP contribution in [0.4, 0.5) is 11.6 Å². The summed E-state index contributed by atoms with van der Waals surface area (Å²) < 4.78 is 0. The number of nitrogens with one attached hydrogen (secondary N) is 1. The van der Waals surface area contributed by atoms with Crippen LogP contribution in [0.15, 0.2) is 73.2 Å². The molecule has 3 N–H and O–H groups in total. The molecule has 3 aromatic rings. The fourth-order valence-corrected chi connectivity index (χ4v) is 4.36. The molecule has 0 radical (unpaired) electrons. The van der Waals surface area contributed by atoms with E-state index in [0.717, 1.165) is 62.3 Å². The summed E-state index contributed by atoms with van der Waals surface area (Å²) in [4.78, 5) is 11.2. The van der Waals surface area contributed by atoms with Crippen molar-refractivity contribution in [3.8, 4) is 11.1 Å². The molecule has 1 fully saturated rings. The van der Waals surface area contributed by atoms with Gasteiger partial charge in [0.05, 0.1) is 5.56 Å². The first-order valence-electron chi connectivity index (χ1n) is 11.5. The van der Waals surface area contributed by atoms with Crippen LogP contribution >= 0.6 is 0 Å². The number of allylic oxidation sites excluding steroid dienone is 1. The van der Waals surface area contributed by atoms with Crippen molar-refractivity contribution >= 4 is 11.6 Å². The van der Waals surface area contributed by atoms with Gasteiger partial charge in [-0.15, -0.1) is 0 Å². The van der Waals surface area contributed by atoms with Crippen molar-refractivity contribution in [3.63, 3.8) is 0 Å². The second kappa shape index (κ2) is 10.3. The van der Waals surface area contributed by atoms with Crippen LogP contribution in [0.1, 0.15) is 37.3 Å². The highest BCUT2D eigenvalue weighted by Gasteiger charge is 2.20. The first-order valence-corrected chi connectivity index (χ1v) is 11.5. The van der Waals surface area contributed by atoms with Crippen LogP contribution in [0.25, 0.3) is 11.1 Å². The Morgan fingerprint density at radius 3 is 2.41 bits per heavy atom. The molecule has 5 heteroatoms. The Balaban J connectivity index is 1.42. The molecule has 1 aliphatic rings. The Morgan fingerprint density at radius 2 is 1.72 bits per heavy atom. The van der Waals surface area contributed by atoms with Crippen molar-refractivity contribution in [2.75, 3.05) is 30.7 Å². The minimum Gasteiger partial charge on any atom is -0.383 e. The summed E-state index contributed by atoms with van der Waals surface area (Å²) in [5.41, 5.74) is 12.0. The van der Waals surface area contributed by atoms with Crippen LogP contribution in [-0.2, 0) is 6.42 Å². The Morgan fingerprint density at radius 1 is 1.03 bits per heavy atom. The summed E-state index contributed by atoms with van der Waals surface area (Å²) in [6.07, 6.45) is 5.80. The summed E-state index contributed by atoms with van der Waals surface area (Å²) >= 11 is 0. The predicted octanol–water partition coefficient (Wildman–Crippen LogP) is 5.36. The molecule has 0 atom stereocenters. The molecule has 5 nitrogen and oxygen atoms in total. The van der Waals surface area contributed by atoms with E-state index >= 15 is 0 Å². The van der Waals surface area contributed by atoms with Crippen LogP contribution in [-0.4, -0.2) is 34.5 Å². The van der Waals surface area contributed by atoms with E-state index in [-0.39, 0.29) is 0 Å². The van der Waals surface area contributed by atoms with E-state index in [1.165, 1.54) is 16.8 Å². The number of rotatable bonds is 8. The predicted molar refractivity (Wildman–Crippen MR) is 133 cm³/mol. The molecule has 0 saturated carbocycles. The Hall–Kier alpha value is -3.34. The van der Waals surface area contributed by atoms with Crippen LogP contribution in [0.5, 0.6) is 0 Å². The topological polar surface area (TPSA) is 67.1 Å². The van der Waals surface area contributed by atoms with Gasteiger partial charge in [-0.2, -0.15) is 0 Å². The summed E-state index contributed by atoms with van der Waals surface area (Å²) in [6, 6.07) is 19.1. The van der Waals surface area contributed by atoms with Crippen molar-refractivity contribution in [1.29, 1.82) is 0 Å². The van der Waals surface area contributed by atoms with Gasteiger partial charge in [0.25, 0.3) is 0 Å².